The SMILES string of the molecule is NC(=O)C1CCCCN1C(=O)c1cn2nc(-c3ccc(F)cc3)cc(C(F)(F)F)c2n1. The molecule has 1 fully saturated rings. The van der Waals surface area contributed by atoms with E-state index >= 15 is 0 Å². The summed E-state index contributed by atoms with van der Waals surface area (Å²) in [7, 11) is 0. The largest absolute Gasteiger partial charge is 0.420 e. The molecule has 1 aliphatic rings. The number of hydrogen-bond donors (Lipinski definition) is 1. The van der Waals surface area contributed by atoms with E-state index in [1.54, 1.807) is 0 Å². The molecule has 31 heavy (non-hydrogen) atoms. The monoisotopic (exact) mass is 435 g/mol. The maximum Gasteiger partial charge on any atom is 0.420 e. The van der Waals surface area contributed by atoms with Gasteiger partial charge in [0.05, 0.1) is 11.9 Å². The van der Waals surface area contributed by atoms with Crippen LogP contribution in [0.2, 0.25) is 0 Å². The topological polar surface area (TPSA) is 93.6 Å². The lowest BCUT2D eigenvalue weighted by molar-refractivity contribution is -0.136. The highest BCUT2D eigenvalue weighted by Gasteiger charge is 2.37. The summed E-state index contributed by atoms with van der Waals surface area (Å²) in [5.74, 6) is -1.91. The Hall–Kier alpha value is -3.50. The number of alkyl halides is 3. The van der Waals surface area contributed by atoms with Gasteiger partial charge in [-0.15, -0.1) is 0 Å². The van der Waals surface area contributed by atoms with Gasteiger partial charge in [0.15, 0.2) is 5.65 Å². The van der Waals surface area contributed by atoms with Crippen molar-refractivity contribution in [2.24, 2.45) is 5.73 Å². The summed E-state index contributed by atoms with van der Waals surface area (Å²) >= 11 is 0. The van der Waals surface area contributed by atoms with Crippen LogP contribution in [-0.4, -0.2) is 43.9 Å². The van der Waals surface area contributed by atoms with Crippen molar-refractivity contribution in [3.63, 3.8) is 0 Å². The molecule has 1 saturated heterocycles. The molecule has 11 heteroatoms. The van der Waals surface area contributed by atoms with E-state index in [2.05, 4.69) is 10.1 Å². The Morgan fingerprint density at radius 1 is 1.13 bits per heavy atom. The Morgan fingerprint density at radius 2 is 1.84 bits per heavy atom. The lowest BCUT2D eigenvalue weighted by atomic mass is 10.0. The van der Waals surface area contributed by atoms with E-state index in [1.807, 2.05) is 0 Å². The van der Waals surface area contributed by atoms with Crippen LogP contribution in [0, 0.1) is 5.82 Å². The first kappa shape index (κ1) is 20.8. The van der Waals surface area contributed by atoms with Crippen molar-refractivity contribution in [1.82, 2.24) is 19.5 Å². The molecule has 2 aromatic heterocycles. The Morgan fingerprint density at radius 3 is 2.48 bits per heavy atom. The van der Waals surface area contributed by atoms with Crippen LogP contribution >= 0.6 is 0 Å². The number of benzene rings is 1. The lowest BCUT2D eigenvalue weighted by Crippen LogP contribution is -2.50. The molecule has 4 rings (SSSR count). The number of nitrogens with zero attached hydrogens (tertiary/aromatic N) is 4. The van der Waals surface area contributed by atoms with E-state index in [-0.39, 0.29) is 23.5 Å². The molecule has 2 amide bonds. The lowest BCUT2D eigenvalue weighted by Gasteiger charge is -2.33. The van der Waals surface area contributed by atoms with Crippen LogP contribution in [0.1, 0.15) is 35.3 Å². The zero-order chi connectivity index (χ0) is 22.3. The maximum atomic E-state index is 13.7. The van der Waals surface area contributed by atoms with E-state index in [0.717, 1.165) is 28.9 Å². The number of piperidine rings is 1. The van der Waals surface area contributed by atoms with Crippen LogP contribution in [-0.2, 0) is 11.0 Å². The average Bonchev–Trinajstić information content (AvgIpc) is 3.16. The van der Waals surface area contributed by atoms with Crippen molar-refractivity contribution in [2.45, 2.75) is 31.5 Å². The van der Waals surface area contributed by atoms with E-state index in [1.165, 1.54) is 17.0 Å². The van der Waals surface area contributed by atoms with Crippen molar-refractivity contribution in [2.75, 3.05) is 6.54 Å². The zero-order valence-corrected chi connectivity index (χ0v) is 16.1. The number of hydrogen-bond acceptors (Lipinski definition) is 4. The van der Waals surface area contributed by atoms with Crippen molar-refractivity contribution < 1.29 is 27.2 Å². The van der Waals surface area contributed by atoms with Gasteiger partial charge in [0, 0.05) is 12.1 Å². The van der Waals surface area contributed by atoms with Crippen molar-refractivity contribution in [3.8, 4) is 11.3 Å². The number of halogens is 4. The molecule has 1 aromatic carbocycles. The molecule has 0 radical (unpaired) electrons. The third kappa shape index (κ3) is 3.94. The van der Waals surface area contributed by atoms with E-state index < -0.39 is 41.1 Å². The number of amides is 2. The summed E-state index contributed by atoms with van der Waals surface area (Å²) in [6, 6.07) is 4.79. The molecule has 1 atom stereocenters. The summed E-state index contributed by atoms with van der Waals surface area (Å²) in [4.78, 5) is 29.7. The summed E-state index contributed by atoms with van der Waals surface area (Å²) < 4.78 is 55.2. The molecule has 3 aromatic rings. The van der Waals surface area contributed by atoms with E-state index in [9.17, 15) is 27.2 Å². The Balaban J connectivity index is 1.81. The number of rotatable bonds is 3. The zero-order valence-electron chi connectivity index (χ0n) is 16.1. The first-order valence-corrected chi connectivity index (χ1v) is 9.49. The quantitative estimate of drug-likeness (QED) is 0.640. The standard InChI is InChI=1S/C20H17F4N5O2/c21-12-6-4-11(5-7-12)14-9-13(20(22,23)24)18-26-15(10-29(18)27-14)19(31)28-8-2-1-3-16(28)17(25)30/h4-7,9-10,16H,1-3,8H2,(H2,25,30). The molecule has 0 bridgehead atoms. The molecule has 1 unspecified atom stereocenters. The second-order valence-electron chi connectivity index (χ2n) is 7.25. The minimum absolute atomic E-state index is 0.0655. The minimum atomic E-state index is -4.77. The average molecular weight is 435 g/mol. The normalized spacial score (nSPS) is 17.2. The van der Waals surface area contributed by atoms with Crippen LogP contribution in [0.3, 0.4) is 0 Å². The van der Waals surface area contributed by atoms with E-state index in [4.69, 9.17) is 5.73 Å². The summed E-state index contributed by atoms with van der Waals surface area (Å²) in [5.41, 5.74) is 3.66. The number of primary amides is 1. The number of fused-ring (bicyclic) bond motifs is 1. The van der Waals surface area contributed by atoms with Crippen LogP contribution in [0.4, 0.5) is 17.6 Å². The molecule has 3 heterocycles. The predicted octanol–water partition coefficient (Wildman–Crippen LogP) is 3.03. The van der Waals surface area contributed by atoms with Gasteiger partial charge in [0.2, 0.25) is 5.91 Å². The smallest absolute Gasteiger partial charge is 0.368 e. The Labute approximate surface area is 173 Å². The predicted molar refractivity (Wildman–Crippen MR) is 101 cm³/mol. The van der Waals surface area contributed by atoms with Gasteiger partial charge in [0.1, 0.15) is 23.1 Å². The third-order valence-electron chi connectivity index (χ3n) is 5.18. The van der Waals surface area contributed by atoms with Crippen LogP contribution in [0.25, 0.3) is 16.9 Å². The van der Waals surface area contributed by atoms with Gasteiger partial charge in [-0.05, 0) is 49.6 Å². The fourth-order valence-corrected chi connectivity index (χ4v) is 3.67. The van der Waals surface area contributed by atoms with Crippen LogP contribution in [0.5, 0.6) is 0 Å². The van der Waals surface area contributed by atoms with Gasteiger partial charge in [-0.25, -0.2) is 13.9 Å². The second-order valence-corrected chi connectivity index (χ2v) is 7.25. The summed E-state index contributed by atoms with van der Waals surface area (Å²) in [6.07, 6.45) is -1.94. The molecular formula is C20H17F4N5O2. The van der Waals surface area contributed by atoms with Gasteiger partial charge in [-0.3, -0.25) is 9.59 Å². The first-order valence-electron chi connectivity index (χ1n) is 9.49. The number of carbonyl (C=O) groups excluding carboxylic acids is 2. The number of aromatic nitrogens is 3. The molecule has 0 spiro atoms. The van der Waals surface area contributed by atoms with Crippen molar-refractivity contribution >= 4 is 17.5 Å². The highest BCUT2D eigenvalue weighted by atomic mass is 19.4. The molecule has 162 valence electrons. The number of likely N-dealkylation sites (tertiary alicyclic amines) is 1. The molecule has 0 aliphatic carbocycles. The molecular weight excluding hydrogens is 418 g/mol. The van der Waals surface area contributed by atoms with Crippen LogP contribution in [0.15, 0.2) is 36.5 Å². The van der Waals surface area contributed by atoms with Crippen LogP contribution < -0.4 is 5.73 Å². The van der Waals surface area contributed by atoms with Gasteiger partial charge < -0.3 is 10.6 Å². The fraction of sp³-hybridized carbons (Fsp3) is 0.300. The molecule has 7 nitrogen and oxygen atoms in total. The number of carbonyl (C=O) groups is 2. The highest BCUT2D eigenvalue weighted by Crippen LogP contribution is 2.34. The maximum absolute atomic E-state index is 13.7. The highest BCUT2D eigenvalue weighted by molar-refractivity contribution is 5.96. The molecule has 1 aliphatic heterocycles. The first-order chi connectivity index (χ1) is 14.6. The Bertz CT molecular complexity index is 1160. The van der Waals surface area contributed by atoms with Gasteiger partial charge in [0.25, 0.3) is 5.91 Å². The van der Waals surface area contributed by atoms with Crippen molar-refractivity contribution in [1.29, 1.82) is 0 Å². The van der Waals surface area contributed by atoms with E-state index in [0.29, 0.717) is 19.3 Å². The second kappa shape index (κ2) is 7.64. The third-order valence-corrected chi connectivity index (χ3v) is 5.18. The minimum Gasteiger partial charge on any atom is -0.368 e. The number of imidazole rings is 1. The summed E-state index contributed by atoms with van der Waals surface area (Å²) in [5, 5.41) is 4.12. The Kier molecular flexibility index (Phi) is 5.11. The van der Waals surface area contributed by atoms with Gasteiger partial charge in [-0.2, -0.15) is 18.3 Å². The fourth-order valence-electron chi connectivity index (χ4n) is 3.67. The van der Waals surface area contributed by atoms with Gasteiger partial charge in [-0.1, -0.05) is 0 Å². The number of nitrogens with two attached hydrogens (primary N) is 1. The van der Waals surface area contributed by atoms with Crippen molar-refractivity contribution in [3.05, 3.63) is 53.6 Å². The summed E-state index contributed by atoms with van der Waals surface area (Å²) in [6.45, 7) is 0.251. The molecule has 0 saturated carbocycles. The molecule has 2 N–H and O–H groups in total. The van der Waals surface area contributed by atoms with Gasteiger partial charge >= 0.3 is 6.18 Å².